The molecule has 18 heavy (non-hydrogen) atoms. The highest BCUT2D eigenvalue weighted by Crippen LogP contribution is 2.31. The van der Waals surface area contributed by atoms with Gasteiger partial charge in [0.05, 0.1) is 11.1 Å². The highest BCUT2D eigenvalue weighted by Gasteiger charge is 2.30. The van der Waals surface area contributed by atoms with Crippen molar-refractivity contribution in [3.63, 3.8) is 0 Å². The highest BCUT2D eigenvalue weighted by atomic mass is 19.4. The van der Waals surface area contributed by atoms with Crippen molar-refractivity contribution in [3.05, 3.63) is 39.9 Å². The molecule has 0 radical (unpaired) electrons. The van der Waals surface area contributed by atoms with Crippen molar-refractivity contribution >= 4 is 10.9 Å². The van der Waals surface area contributed by atoms with Crippen molar-refractivity contribution in [2.75, 3.05) is 6.54 Å². The number of fused-ring (bicyclic) bond motifs is 1. The molecule has 0 aliphatic rings. The summed E-state index contributed by atoms with van der Waals surface area (Å²) >= 11 is 0. The zero-order valence-corrected chi connectivity index (χ0v) is 9.21. The third-order valence-corrected chi connectivity index (χ3v) is 2.52. The molecule has 0 fully saturated rings. The summed E-state index contributed by atoms with van der Waals surface area (Å²) in [5, 5.41) is 0.480. The van der Waals surface area contributed by atoms with E-state index in [4.69, 9.17) is 5.73 Å². The molecule has 2 aromatic rings. The van der Waals surface area contributed by atoms with Crippen molar-refractivity contribution < 1.29 is 13.2 Å². The molecule has 2 rings (SSSR count). The third kappa shape index (κ3) is 2.35. The predicted octanol–water partition coefficient (Wildman–Crippen LogP) is 1.44. The smallest absolute Gasteiger partial charge is 0.330 e. The molecule has 7 heteroatoms. The van der Waals surface area contributed by atoms with Gasteiger partial charge in [0, 0.05) is 17.5 Å². The van der Waals surface area contributed by atoms with Crippen LogP contribution in [0.1, 0.15) is 11.3 Å². The maximum absolute atomic E-state index is 12.5. The molecule has 0 spiro atoms. The van der Waals surface area contributed by atoms with Gasteiger partial charge in [0.15, 0.2) is 0 Å². The van der Waals surface area contributed by atoms with Gasteiger partial charge in [0.1, 0.15) is 0 Å². The lowest BCUT2D eigenvalue weighted by atomic mass is 10.1. The molecule has 96 valence electrons. The van der Waals surface area contributed by atoms with E-state index in [-0.39, 0.29) is 12.1 Å². The van der Waals surface area contributed by atoms with Crippen LogP contribution in [-0.2, 0) is 12.6 Å². The molecule has 1 heterocycles. The van der Waals surface area contributed by atoms with E-state index in [9.17, 15) is 18.0 Å². The quantitative estimate of drug-likeness (QED) is 0.855. The lowest BCUT2D eigenvalue weighted by Crippen LogP contribution is -2.16. The second kappa shape index (κ2) is 4.41. The Balaban J connectivity index is 2.68. The van der Waals surface area contributed by atoms with Crippen molar-refractivity contribution in [2.24, 2.45) is 5.73 Å². The van der Waals surface area contributed by atoms with E-state index < -0.39 is 17.4 Å². The van der Waals surface area contributed by atoms with Crippen LogP contribution in [0.5, 0.6) is 0 Å². The second-order valence-electron chi connectivity index (χ2n) is 3.79. The first kappa shape index (κ1) is 12.6. The molecule has 0 saturated heterocycles. The summed E-state index contributed by atoms with van der Waals surface area (Å²) in [6.07, 6.45) is -4.08. The topological polar surface area (TPSA) is 71.8 Å². The largest absolute Gasteiger partial charge is 0.416 e. The summed E-state index contributed by atoms with van der Waals surface area (Å²) in [6.45, 7) is 0.288. The average Bonchev–Trinajstić information content (AvgIpc) is 2.27. The molecule has 0 amide bonds. The maximum Gasteiger partial charge on any atom is 0.416 e. The first-order valence-electron chi connectivity index (χ1n) is 5.22. The Morgan fingerprint density at radius 3 is 2.67 bits per heavy atom. The molecule has 1 aromatic heterocycles. The van der Waals surface area contributed by atoms with Crippen LogP contribution in [0.2, 0.25) is 0 Å². The second-order valence-corrected chi connectivity index (χ2v) is 3.79. The van der Waals surface area contributed by atoms with E-state index in [1.807, 2.05) is 0 Å². The van der Waals surface area contributed by atoms with Crippen LogP contribution in [0.4, 0.5) is 13.2 Å². The fourth-order valence-electron chi connectivity index (χ4n) is 1.73. The fraction of sp³-hybridized carbons (Fsp3) is 0.273. The van der Waals surface area contributed by atoms with Crippen LogP contribution in [-0.4, -0.2) is 16.5 Å². The van der Waals surface area contributed by atoms with Crippen LogP contribution in [0.3, 0.4) is 0 Å². The number of hydrogen-bond acceptors (Lipinski definition) is 3. The van der Waals surface area contributed by atoms with E-state index in [2.05, 4.69) is 9.97 Å². The molecule has 0 aliphatic carbocycles. The van der Waals surface area contributed by atoms with Crippen LogP contribution < -0.4 is 11.4 Å². The van der Waals surface area contributed by atoms with Gasteiger partial charge in [-0.1, -0.05) is 6.07 Å². The summed E-state index contributed by atoms with van der Waals surface area (Å²) in [7, 11) is 0. The number of H-pyrrole nitrogens is 1. The number of aromatic amines is 1. The molecule has 4 nitrogen and oxygen atoms in total. The van der Waals surface area contributed by atoms with Gasteiger partial charge in [-0.05, 0) is 18.7 Å². The molecule has 0 unspecified atom stereocenters. The number of nitrogens with one attached hydrogen (secondary N) is 1. The first-order chi connectivity index (χ1) is 8.41. The SMILES string of the molecule is NCCc1[nH]c(=O)nc2cc(C(F)(F)F)ccc12. The molecule has 0 saturated carbocycles. The predicted molar refractivity (Wildman–Crippen MR) is 60.1 cm³/mol. The number of nitrogens with two attached hydrogens (primary N) is 1. The summed E-state index contributed by atoms with van der Waals surface area (Å²) in [5.41, 5.74) is 4.40. The lowest BCUT2D eigenvalue weighted by molar-refractivity contribution is -0.137. The normalized spacial score (nSPS) is 12.0. The highest BCUT2D eigenvalue weighted by molar-refractivity contribution is 5.81. The summed E-state index contributed by atoms with van der Waals surface area (Å²) in [4.78, 5) is 17.3. The van der Waals surface area contributed by atoms with Gasteiger partial charge >= 0.3 is 11.9 Å². The van der Waals surface area contributed by atoms with E-state index in [1.165, 1.54) is 6.07 Å². The van der Waals surface area contributed by atoms with Crippen molar-refractivity contribution in [2.45, 2.75) is 12.6 Å². The van der Waals surface area contributed by atoms with Gasteiger partial charge in [-0.15, -0.1) is 0 Å². The Hall–Kier alpha value is -1.89. The Morgan fingerprint density at radius 1 is 1.33 bits per heavy atom. The summed E-state index contributed by atoms with van der Waals surface area (Å²) < 4.78 is 37.6. The minimum absolute atomic E-state index is 0.0250. The fourth-order valence-corrected chi connectivity index (χ4v) is 1.73. The number of benzene rings is 1. The zero-order chi connectivity index (χ0) is 13.3. The Bertz CT molecular complexity index is 633. The molecular weight excluding hydrogens is 247 g/mol. The number of halogens is 3. The van der Waals surface area contributed by atoms with Crippen LogP contribution in [0, 0.1) is 0 Å². The molecular formula is C11H10F3N3O. The van der Waals surface area contributed by atoms with Gasteiger partial charge < -0.3 is 10.7 Å². The van der Waals surface area contributed by atoms with Crippen LogP contribution in [0.15, 0.2) is 23.0 Å². The van der Waals surface area contributed by atoms with Gasteiger partial charge in [0.2, 0.25) is 0 Å². The summed E-state index contributed by atoms with van der Waals surface area (Å²) in [6, 6.07) is 3.12. The number of rotatable bonds is 2. The maximum atomic E-state index is 12.5. The Morgan fingerprint density at radius 2 is 2.06 bits per heavy atom. The minimum Gasteiger partial charge on any atom is -0.330 e. The van der Waals surface area contributed by atoms with Crippen LogP contribution >= 0.6 is 0 Å². The first-order valence-corrected chi connectivity index (χ1v) is 5.22. The van der Waals surface area contributed by atoms with E-state index in [0.717, 1.165) is 12.1 Å². The van der Waals surface area contributed by atoms with Gasteiger partial charge in [0.25, 0.3) is 0 Å². The van der Waals surface area contributed by atoms with Crippen molar-refractivity contribution in [1.29, 1.82) is 0 Å². The van der Waals surface area contributed by atoms with E-state index >= 15 is 0 Å². The monoisotopic (exact) mass is 257 g/mol. The molecule has 0 aliphatic heterocycles. The van der Waals surface area contributed by atoms with Gasteiger partial charge in [-0.2, -0.15) is 18.2 Å². The lowest BCUT2D eigenvalue weighted by Gasteiger charge is -2.09. The standard InChI is InChI=1S/C11H10F3N3O/c12-11(13,14)6-1-2-7-8(3-4-15)16-10(18)17-9(7)5-6/h1-2,5H,3-4,15H2,(H,16,17,18). The molecule has 1 aromatic carbocycles. The summed E-state index contributed by atoms with van der Waals surface area (Å²) in [5.74, 6) is 0. The average molecular weight is 257 g/mol. The number of aromatic nitrogens is 2. The molecule has 0 bridgehead atoms. The Kier molecular flexibility index (Phi) is 3.08. The minimum atomic E-state index is -4.45. The number of nitrogens with zero attached hydrogens (tertiary/aromatic N) is 1. The molecule has 3 N–H and O–H groups in total. The van der Waals surface area contributed by atoms with Crippen LogP contribution in [0.25, 0.3) is 10.9 Å². The third-order valence-electron chi connectivity index (χ3n) is 2.52. The van der Waals surface area contributed by atoms with Crippen molar-refractivity contribution in [1.82, 2.24) is 9.97 Å². The van der Waals surface area contributed by atoms with E-state index in [1.54, 1.807) is 0 Å². The van der Waals surface area contributed by atoms with E-state index in [0.29, 0.717) is 17.5 Å². The van der Waals surface area contributed by atoms with Gasteiger partial charge in [-0.25, -0.2) is 4.79 Å². The molecule has 0 atom stereocenters. The zero-order valence-electron chi connectivity index (χ0n) is 9.21. The Labute approximate surface area is 99.6 Å². The van der Waals surface area contributed by atoms with Gasteiger partial charge in [-0.3, -0.25) is 0 Å². The number of hydrogen-bond donors (Lipinski definition) is 2. The van der Waals surface area contributed by atoms with Crippen molar-refractivity contribution in [3.8, 4) is 0 Å². The number of alkyl halides is 3.